The second-order valence-electron chi connectivity index (χ2n) is 5.02. The molecule has 0 aromatic rings. The fourth-order valence-corrected chi connectivity index (χ4v) is 2.02. The molecule has 0 aliphatic heterocycles. The molecule has 0 rings (SSSR count). The van der Waals surface area contributed by atoms with Crippen LogP contribution in [0.1, 0.15) is 71.1 Å². The summed E-state index contributed by atoms with van der Waals surface area (Å²) in [6, 6.07) is 0. The molecular formula is C15H32O3. The average Bonchev–Trinajstić information content (AvgIpc) is 2.38. The van der Waals surface area contributed by atoms with Crippen molar-refractivity contribution in [2.24, 2.45) is 0 Å². The summed E-state index contributed by atoms with van der Waals surface area (Å²) in [7, 11) is 1.65. The van der Waals surface area contributed by atoms with E-state index in [9.17, 15) is 5.11 Å². The Kier molecular flexibility index (Phi) is 14.8. The van der Waals surface area contributed by atoms with Gasteiger partial charge in [-0.1, -0.05) is 51.9 Å². The lowest BCUT2D eigenvalue weighted by atomic mass is 10.0. The third kappa shape index (κ3) is 13.9. The largest absolute Gasteiger partial charge is 0.393 e. The van der Waals surface area contributed by atoms with E-state index in [1.54, 1.807) is 7.11 Å². The molecule has 0 radical (unpaired) electrons. The van der Waals surface area contributed by atoms with Crippen molar-refractivity contribution < 1.29 is 14.6 Å². The topological polar surface area (TPSA) is 38.7 Å². The normalized spacial score (nSPS) is 12.8. The van der Waals surface area contributed by atoms with Gasteiger partial charge in [0.1, 0.15) is 6.79 Å². The lowest BCUT2D eigenvalue weighted by Crippen LogP contribution is -2.05. The van der Waals surface area contributed by atoms with Gasteiger partial charge in [0.2, 0.25) is 0 Å². The van der Waals surface area contributed by atoms with Crippen LogP contribution >= 0.6 is 0 Å². The lowest BCUT2D eigenvalue weighted by Gasteiger charge is -2.09. The smallest absolute Gasteiger partial charge is 0.146 e. The summed E-state index contributed by atoms with van der Waals surface area (Å²) in [4.78, 5) is 0. The van der Waals surface area contributed by atoms with Crippen molar-refractivity contribution in [1.82, 2.24) is 0 Å². The van der Waals surface area contributed by atoms with Crippen LogP contribution in [0, 0.1) is 0 Å². The molecule has 3 heteroatoms. The van der Waals surface area contributed by atoms with E-state index in [1.165, 1.54) is 38.5 Å². The second-order valence-corrected chi connectivity index (χ2v) is 5.02. The minimum atomic E-state index is -0.0626. The Labute approximate surface area is 113 Å². The Bertz CT molecular complexity index is 151. The maximum absolute atomic E-state index is 9.68. The fraction of sp³-hybridized carbons (Fsp3) is 1.00. The van der Waals surface area contributed by atoms with Crippen LogP contribution in [-0.4, -0.2) is 31.7 Å². The van der Waals surface area contributed by atoms with Crippen molar-refractivity contribution in [2.45, 2.75) is 77.2 Å². The van der Waals surface area contributed by atoms with Crippen LogP contribution in [0.3, 0.4) is 0 Å². The van der Waals surface area contributed by atoms with Crippen LogP contribution in [0.5, 0.6) is 0 Å². The Morgan fingerprint density at radius 2 is 1.50 bits per heavy atom. The Morgan fingerprint density at radius 1 is 0.889 bits per heavy atom. The third-order valence-corrected chi connectivity index (χ3v) is 3.17. The van der Waals surface area contributed by atoms with E-state index in [0.717, 1.165) is 32.3 Å². The molecule has 0 fully saturated rings. The van der Waals surface area contributed by atoms with Gasteiger partial charge in [-0.25, -0.2) is 0 Å². The Morgan fingerprint density at radius 3 is 2.17 bits per heavy atom. The Hall–Kier alpha value is -0.120. The van der Waals surface area contributed by atoms with Gasteiger partial charge in [-0.05, 0) is 19.3 Å². The van der Waals surface area contributed by atoms with Gasteiger partial charge in [-0.2, -0.15) is 0 Å². The highest BCUT2D eigenvalue weighted by atomic mass is 16.7. The number of methoxy groups -OCH3 is 1. The van der Waals surface area contributed by atoms with E-state index in [2.05, 4.69) is 6.92 Å². The molecule has 3 nitrogen and oxygen atoms in total. The molecule has 1 atom stereocenters. The van der Waals surface area contributed by atoms with Crippen molar-refractivity contribution >= 4 is 0 Å². The number of hydrogen-bond acceptors (Lipinski definition) is 3. The molecule has 0 aliphatic rings. The molecule has 0 saturated carbocycles. The zero-order valence-electron chi connectivity index (χ0n) is 12.3. The van der Waals surface area contributed by atoms with Crippen molar-refractivity contribution in [3.05, 3.63) is 0 Å². The molecule has 110 valence electrons. The summed E-state index contributed by atoms with van der Waals surface area (Å²) in [5.41, 5.74) is 0. The molecule has 0 saturated heterocycles. The first-order valence-corrected chi connectivity index (χ1v) is 7.56. The molecular weight excluding hydrogens is 228 g/mol. The van der Waals surface area contributed by atoms with Crippen LogP contribution in [-0.2, 0) is 9.47 Å². The minimum absolute atomic E-state index is 0.0626. The van der Waals surface area contributed by atoms with E-state index < -0.39 is 0 Å². The van der Waals surface area contributed by atoms with Crippen molar-refractivity contribution in [3.63, 3.8) is 0 Å². The summed E-state index contributed by atoms with van der Waals surface area (Å²) in [6.45, 7) is 3.39. The van der Waals surface area contributed by atoms with Crippen LogP contribution < -0.4 is 0 Å². The van der Waals surface area contributed by atoms with E-state index in [4.69, 9.17) is 9.47 Å². The molecule has 1 N–H and O–H groups in total. The van der Waals surface area contributed by atoms with Gasteiger partial charge in [0.15, 0.2) is 0 Å². The summed E-state index contributed by atoms with van der Waals surface area (Å²) < 4.78 is 10.0. The van der Waals surface area contributed by atoms with E-state index in [-0.39, 0.29) is 6.10 Å². The molecule has 0 aliphatic carbocycles. The molecule has 0 amide bonds. The highest BCUT2D eigenvalue weighted by Crippen LogP contribution is 2.11. The number of unbranched alkanes of at least 4 members (excludes halogenated alkanes) is 6. The molecule has 18 heavy (non-hydrogen) atoms. The SMILES string of the molecule is CCCC[C@H](O)CCCCCCCCOCOC. The van der Waals surface area contributed by atoms with E-state index >= 15 is 0 Å². The maximum atomic E-state index is 9.68. The van der Waals surface area contributed by atoms with Gasteiger partial charge < -0.3 is 14.6 Å². The maximum Gasteiger partial charge on any atom is 0.146 e. The van der Waals surface area contributed by atoms with Gasteiger partial charge in [-0.15, -0.1) is 0 Å². The molecule has 0 spiro atoms. The highest BCUT2D eigenvalue weighted by Gasteiger charge is 2.02. The first-order valence-electron chi connectivity index (χ1n) is 7.56. The predicted molar refractivity (Wildman–Crippen MR) is 75.7 cm³/mol. The number of aliphatic hydroxyl groups excluding tert-OH is 1. The van der Waals surface area contributed by atoms with Gasteiger partial charge in [0.25, 0.3) is 0 Å². The van der Waals surface area contributed by atoms with Crippen LogP contribution in [0.2, 0.25) is 0 Å². The quantitative estimate of drug-likeness (QED) is 0.380. The van der Waals surface area contributed by atoms with Crippen LogP contribution in [0.25, 0.3) is 0 Å². The average molecular weight is 260 g/mol. The highest BCUT2D eigenvalue weighted by molar-refractivity contribution is 4.56. The molecule has 0 aromatic carbocycles. The van der Waals surface area contributed by atoms with E-state index in [1.807, 2.05) is 0 Å². The molecule has 0 bridgehead atoms. The number of aliphatic hydroxyl groups is 1. The molecule has 0 heterocycles. The third-order valence-electron chi connectivity index (χ3n) is 3.17. The Balaban J connectivity index is 3.02. The van der Waals surface area contributed by atoms with Crippen LogP contribution in [0.4, 0.5) is 0 Å². The monoisotopic (exact) mass is 260 g/mol. The number of ether oxygens (including phenoxy) is 2. The van der Waals surface area contributed by atoms with Crippen molar-refractivity contribution in [3.8, 4) is 0 Å². The summed E-state index contributed by atoms with van der Waals surface area (Å²) >= 11 is 0. The number of hydrogen-bond donors (Lipinski definition) is 1. The zero-order valence-corrected chi connectivity index (χ0v) is 12.3. The standard InChI is InChI=1S/C15H32O3/c1-3-4-11-15(16)12-9-7-5-6-8-10-13-18-14-17-2/h15-16H,3-14H2,1-2H3/t15-/m0/s1. The van der Waals surface area contributed by atoms with Crippen LogP contribution in [0.15, 0.2) is 0 Å². The lowest BCUT2D eigenvalue weighted by molar-refractivity contribution is -0.0315. The van der Waals surface area contributed by atoms with Gasteiger partial charge in [0, 0.05) is 13.7 Å². The summed E-state index contributed by atoms with van der Waals surface area (Å²) in [5, 5.41) is 9.68. The summed E-state index contributed by atoms with van der Waals surface area (Å²) in [6.07, 6.45) is 11.6. The van der Waals surface area contributed by atoms with Gasteiger partial charge in [0.05, 0.1) is 6.10 Å². The second kappa shape index (κ2) is 14.9. The van der Waals surface area contributed by atoms with Crippen molar-refractivity contribution in [2.75, 3.05) is 20.5 Å². The fourth-order valence-electron chi connectivity index (χ4n) is 2.02. The predicted octanol–water partition coefficient (Wildman–Crippen LogP) is 3.89. The van der Waals surface area contributed by atoms with Gasteiger partial charge in [-0.3, -0.25) is 0 Å². The zero-order chi connectivity index (χ0) is 13.5. The minimum Gasteiger partial charge on any atom is -0.393 e. The first kappa shape index (κ1) is 17.9. The van der Waals surface area contributed by atoms with Crippen molar-refractivity contribution in [1.29, 1.82) is 0 Å². The molecule has 0 aromatic heterocycles. The molecule has 0 unspecified atom stereocenters. The summed E-state index contributed by atoms with van der Waals surface area (Å²) in [5.74, 6) is 0. The first-order chi connectivity index (χ1) is 8.81. The number of rotatable bonds is 14. The van der Waals surface area contributed by atoms with E-state index in [0.29, 0.717) is 6.79 Å². The van der Waals surface area contributed by atoms with Gasteiger partial charge >= 0.3 is 0 Å².